The number of amides is 4. The van der Waals surface area contributed by atoms with Gasteiger partial charge in [-0.25, -0.2) is 4.39 Å². The fourth-order valence-electron chi connectivity index (χ4n) is 6.54. The van der Waals surface area contributed by atoms with Crippen LogP contribution in [0.25, 0.3) is 0 Å². The summed E-state index contributed by atoms with van der Waals surface area (Å²) in [6.07, 6.45) is -0.837. The van der Waals surface area contributed by atoms with Gasteiger partial charge < -0.3 is 30.3 Å². The van der Waals surface area contributed by atoms with Gasteiger partial charge in [0.05, 0.1) is 24.3 Å². The third kappa shape index (κ3) is 5.42. The number of piperidine rings is 1. The molecule has 2 saturated heterocycles. The van der Waals surface area contributed by atoms with Gasteiger partial charge in [0, 0.05) is 19.6 Å². The van der Waals surface area contributed by atoms with Crippen LogP contribution in [0, 0.1) is 45.7 Å². The topological polar surface area (TPSA) is 150 Å². The minimum Gasteiger partial charge on any atom is -0.475 e. The first-order valence-electron chi connectivity index (χ1n) is 14.4. The van der Waals surface area contributed by atoms with Crippen molar-refractivity contribution in [3.8, 4) is 11.8 Å². The van der Waals surface area contributed by atoms with Gasteiger partial charge in [-0.05, 0) is 41.2 Å². The van der Waals surface area contributed by atoms with Crippen LogP contribution in [0.1, 0.15) is 47.5 Å². The number of nitriles is 1. The summed E-state index contributed by atoms with van der Waals surface area (Å²) in [7, 11) is 0. The van der Waals surface area contributed by atoms with Crippen molar-refractivity contribution in [1.82, 2.24) is 15.5 Å². The fourth-order valence-corrected chi connectivity index (χ4v) is 6.54. The number of hydrogen-bond donors (Lipinski definition) is 3. The van der Waals surface area contributed by atoms with E-state index >= 15 is 0 Å². The van der Waals surface area contributed by atoms with E-state index in [1.54, 1.807) is 0 Å². The van der Waals surface area contributed by atoms with E-state index in [4.69, 9.17) is 9.47 Å². The maximum Gasteiger partial charge on any atom is 0.265 e. The quantitative estimate of drug-likeness (QED) is 0.444. The van der Waals surface area contributed by atoms with Gasteiger partial charge in [0.1, 0.15) is 18.1 Å². The van der Waals surface area contributed by atoms with Crippen molar-refractivity contribution in [2.75, 3.05) is 25.1 Å². The molecular weight excluding hydrogens is 545 g/mol. The summed E-state index contributed by atoms with van der Waals surface area (Å²) in [5, 5.41) is 18.1. The molecule has 42 heavy (non-hydrogen) atoms. The van der Waals surface area contributed by atoms with Crippen LogP contribution in [0.2, 0.25) is 0 Å². The number of benzene rings is 1. The molecule has 11 nitrogen and oxygen atoms in total. The minimum absolute atomic E-state index is 0.0872. The Labute approximate surface area is 244 Å². The smallest absolute Gasteiger partial charge is 0.265 e. The van der Waals surface area contributed by atoms with E-state index in [2.05, 4.69) is 16.0 Å². The number of rotatable bonds is 7. The summed E-state index contributed by atoms with van der Waals surface area (Å²) in [5.41, 5.74) is -0.630. The van der Waals surface area contributed by atoms with Gasteiger partial charge in [-0.2, -0.15) is 5.26 Å². The minimum atomic E-state index is -1.20. The number of para-hydroxylation sites is 1. The highest BCUT2D eigenvalue weighted by atomic mass is 19.1. The van der Waals surface area contributed by atoms with E-state index in [1.165, 1.54) is 23.1 Å². The molecule has 7 atom stereocenters. The van der Waals surface area contributed by atoms with E-state index in [1.807, 2.05) is 40.7 Å². The van der Waals surface area contributed by atoms with Crippen LogP contribution in [-0.4, -0.2) is 72.5 Å². The number of likely N-dealkylation sites (tertiary alicyclic amines) is 1. The molecule has 1 aromatic rings. The zero-order chi connectivity index (χ0) is 30.6. The molecular formula is C30H38FN5O6. The predicted molar refractivity (Wildman–Crippen MR) is 148 cm³/mol. The molecule has 0 spiro atoms. The number of anilines is 1. The number of carbonyl (C=O) groups excluding carboxylic acids is 4. The van der Waals surface area contributed by atoms with Gasteiger partial charge in [-0.15, -0.1) is 0 Å². The molecule has 4 aliphatic rings. The number of fused-ring (bicyclic) bond motifs is 2. The summed E-state index contributed by atoms with van der Waals surface area (Å²) >= 11 is 0. The predicted octanol–water partition coefficient (Wildman–Crippen LogP) is 1.97. The average Bonchev–Trinajstić information content (AvgIpc) is 3.37. The van der Waals surface area contributed by atoms with E-state index in [9.17, 15) is 28.8 Å². The first-order valence-corrected chi connectivity index (χ1v) is 14.4. The highest BCUT2D eigenvalue weighted by Gasteiger charge is 2.69. The second-order valence-electron chi connectivity index (χ2n) is 13.4. The molecule has 3 N–H and O–H groups in total. The summed E-state index contributed by atoms with van der Waals surface area (Å²) in [5.74, 6) is -2.83. The molecule has 1 aliphatic carbocycles. The van der Waals surface area contributed by atoms with Crippen LogP contribution in [0.4, 0.5) is 10.1 Å². The van der Waals surface area contributed by atoms with Gasteiger partial charge in [0.25, 0.3) is 5.91 Å². The molecule has 3 heterocycles. The maximum atomic E-state index is 14.3. The Bertz CT molecular complexity index is 1330. The first-order chi connectivity index (χ1) is 19.7. The molecule has 1 aromatic carbocycles. The van der Waals surface area contributed by atoms with Crippen molar-refractivity contribution in [2.24, 2.45) is 28.6 Å². The fraction of sp³-hybridized carbons (Fsp3) is 0.633. The average molecular weight is 584 g/mol. The van der Waals surface area contributed by atoms with Gasteiger partial charge in [0.15, 0.2) is 17.7 Å². The number of halogens is 1. The molecule has 5 rings (SSSR count). The summed E-state index contributed by atoms with van der Waals surface area (Å²) < 4.78 is 25.2. The summed E-state index contributed by atoms with van der Waals surface area (Å²) in [4.78, 5) is 54.9. The second-order valence-corrected chi connectivity index (χ2v) is 13.4. The zero-order valence-electron chi connectivity index (χ0n) is 24.5. The first kappa shape index (κ1) is 29.8. The normalized spacial score (nSPS) is 28.7. The largest absolute Gasteiger partial charge is 0.475 e. The Morgan fingerprint density at radius 1 is 1.24 bits per heavy atom. The Balaban J connectivity index is 1.31. The Hall–Kier alpha value is -3.72. The summed E-state index contributed by atoms with van der Waals surface area (Å²) in [6, 6.07) is 3.28. The van der Waals surface area contributed by atoms with Crippen molar-refractivity contribution < 1.29 is 33.0 Å². The van der Waals surface area contributed by atoms with Crippen molar-refractivity contribution in [3.05, 3.63) is 24.0 Å². The molecule has 3 aliphatic heterocycles. The van der Waals surface area contributed by atoms with Crippen LogP contribution in [0.5, 0.6) is 5.75 Å². The third-order valence-corrected chi connectivity index (χ3v) is 9.16. The number of hydrogen-bond acceptors (Lipinski definition) is 7. The van der Waals surface area contributed by atoms with Gasteiger partial charge in [0.2, 0.25) is 17.7 Å². The van der Waals surface area contributed by atoms with Crippen molar-refractivity contribution >= 4 is 29.3 Å². The lowest BCUT2D eigenvalue weighted by Gasteiger charge is -2.38. The van der Waals surface area contributed by atoms with Gasteiger partial charge >= 0.3 is 0 Å². The van der Waals surface area contributed by atoms with Gasteiger partial charge in [-0.1, -0.05) is 40.7 Å². The number of nitrogens with zero attached hydrogens (tertiary/aromatic N) is 2. The summed E-state index contributed by atoms with van der Waals surface area (Å²) in [6.45, 7) is 10.8. The molecule has 2 unspecified atom stereocenters. The lowest BCUT2D eigenvalue weighted by molar-refractivity contribution is -0.146. The standard InChI is InChI=1S/C30H38FN5O6/c1-29(2,3)24(35-25(37)15-9-10-41-14-15)28(40)36-13-17-21(30(17,4)5)22(36)27(39)33-16(12-32)11-20-26(38)34-19-8-6-7-18(31)23(19)42-20/h6-8,15-17,20-22,24H,9-11,13-14H2,1-5H3,(H,33,39)(H,34,38)(H,35,37)/t15-,16?,17-,20-,21-,22-,24?/m0/s1. The molecule has 3 fully saturated rings. The van der Waals surface area contributed by atoms with Crippen LogP contribution in [-0.2, 0) is 23.9 Å². The highest BCUT2D eigenvalue weighted by Crippen LogP contribution is 2.65. The lowest BCUT2D eigenvalue weighted by Crippen LogP contribution is -2.60. The number of ether oxygens (including phenoxy) is 2. The van der Waals surface area contributed by atoms with E-state index in [0.717, 1.165) is 0 Å². The van der Waals surface area contributed by atoms with Gasteiger partial charge in [-0.3, -0.25) is 19.2 Å². The lowest BCUT2D eigenvalue weighted by atomic mass is 9.84. The third-order valence-electron chi connectivity index (χ3n) is 9.16. The van der Waals surface area contributed by atoms with Crippen molar-refractivity contribution in [1.29, 1.82) is 5.26 Å². The van der Waals surface area contributed by atoms with Crippen LogP contribution in [0.15, 0.2) is 18.2 Å². The van der Waals surface area contributed by atoms with Crippen molar-refractivity contribution in [2.45, 2.75) is 71.7 Å². The SMILES string of the molecule is CC(C)(C)C(NC(=O)[C@H]1CCOC1)C(=O)N1C[C@H]2[C@@H]([C@H]1C(=O)NC(C#N)C[C@@H]1Oc3c(F)cccc3NC1=O)C2(C)C. The Kier molecular flexibility index (Phi) is 7.68. The zero-order valence-corrected chi connectivity index (χ0v) is 24.5. The van der Waals surface area contributed by atoms with E-state index in [-0.39, 0.29) is 52.8 Å². The van der Waals surface area contributed by atoms with Crippen LogP contribution >= 0.6 is 0 Å². The van der Waals surface area contributed by atoms with E-state index < -0.39 is 47.3 Å². The number of carbonyl (C=O) groups is 4. The molecule has 0 bridgehead atoms. The van der Waals surface area contributed by atoms with Crippen LogP contribution in [0.3, 0.4) is 0 Å². The molecule has 12 heteroatoms. The molecule has 1 saturated carbocycles. The molecule has 226 valence electrons. The van der Waals surface area contributed by atoms with Crippen LogP contribution < -0.4 is 20.7 Å². The number of nitrogens with one attached hydrogen (secondary N) is 3. The maximum absolute atomic E-state index is 14.3. The Morgan fingerprint density at radius 3 is 2.62 bits per heavy atom. The molecule has 0 aromatic heterocycles. The van der Waals surface area contributed by atoms with Crippen molar-refractivity contribution in [3.63, 3.8) is 0 Å². The highest BCUT2D eigenvalue weighted by molar-refractivity contribution is 5.98. The second kappa shape index (κ2) is 10.8. The monoisotopic (exact) mass is 583 g/mol. The van der Waals surface area contributed by atoms with E-state index in [0.29, 0.717) is 26.2 Å². The molecule has 0 radical (unpaired) electrons. The molecule has 4 amide bonds. The Morgan fingerprint density at radius 2 is 1.98 bits per heavy atom.